The molecular weight excluding hydrogens is 214 g/mol. The summed E-state index contributed by atoms with van der Waals surface area (Å²) in [4.78, 5) is 19.1. The first kappa shape index (κ1) is 11.3. The van der Waals surface area contributed by atoms with Crippen molar-refractivity contribution < 1.29 is 4.79 Å². The number of hydrogen-bond donors (Lipinski definition) is 1. The van der Waals surface area contributed by atoms with Gasteiger partial charge in [-0.3, -0.25) is 4.79 Å². The molecule has 0 fully saturated rings. The normalized spacial score (nSPS) is 9.94. The van der Waals surface area contributed by atoms with E-state index in [-0.39, 0.29) is 5.78 Å². The molecule has 0 spiro atoms. The highest BCUT2D eigenvalue weighted by atomic mass is 16.1. The Kier molecular flexibility index (Phi) is 3.45. The predicted molar refractivity (Wildman–Crippen MR) is 65.8 cm³/mol. The second kappa shape index (κ2) is 5.21. The summed E-state index contributed by atoms with van der Waals surface area (Å²) < 4.78 is 0. The minimum absolute atomic E-state index is 0.0763. The molecule has 4 nitrogen and oxygen atoms in total. The van der Waals surface area contributed by atoms with E-state index in [4.69, 9.17) is 0 Å². The molecule has 0 saturated carbocycles. The van der Waals surface area contributed by atoms with E-state index < -0.39 is 0 Å². The number of benzene rings is 1. The SMILES string of the molecule is CC(=O)c1ccc(NCc2ccncn2)cc1. The molecule has 4 heteroatoms. The fraction of sp³-hybridized carbons (Fsp3) is 0.154. The van der Waals surface area contributed by atoms with Gasteiger partial charge in [0, 0.05) is 17.4 Å². The van der Waals surface area contributed by atoms with E-state index in [0.717, 1.165) is 16.9 Å². The van der Waals surface area contributed by atoms with Crippen LogP contribution in [0.4, 0.5) is 5.69 Å². The maximum atomic E-state index is 11.1. The first-order valence-corrected chi connectivity index (χ1v) is 5.35. The minimum Gasteiger partial charge on any atom is -0.379 e. The van der Waals surface area contributed by atoms with Crippen molar-refractivity contribution >= 4 is 11.5 Å². The summed E-state index contributed by atoms with van der Waals surface area (Å²) in [5.41, 5.74) is 2.61. The number of carbonyl (C=O) groups excluding carboxylic acids is 1. The molecule has 0 atom stereocenters. The van der Waals surface area contributed by atoms with Crippen LogP contribution >= 0.6 is 0 Å². The van der Waals surface area contributed by atoms with Crippen LogP contribution in [-0.2, 0) is 6.54 Å². The van der Waals surface area contributed by atoms with Crippen LogP contribution in [0, 0.1) is 0 Å². The molecule has 17 heavy (non-hydrogen) atoms. The molecule has 0 bridgehead atoms. The van der Waals surface area contributed by atoms with Crippen LogP contribution in [0.2, 0.25) is 0 Å². The van der Waals surface area contributed by atoms with Gasteiger partial charge in [0.25, 0.3) is 0 Å². The maximum Gasteiger partial charge on any atom is 0.159 e. The third-order valence-electron chi connectivity index (χ3n) is 2.41. The van der Waals surface area contributed by atoms with E-state index in [1.807, 2.05) is 30.3 Å². The summed E-state index contributed by atoms with van der Waals surface area (Å²) in [6, 6.07) is 9.25. The molecule has 1 heterocycles. The number of nitrogens with zero attached hydrogens (tertiary/aromatic N) is 2. The summed E-state index contributed by atoms with van der Waals surface area (Å²) in [7, 11) is 0. The summed E-state index contributed by atoms with van der Waals surface area (Å²) in [6.45, 7) is 2.20. The van der Waals surface area contributed by atoms with Gasteiger partial charge in [0.05, 0.1) is 12.2 Å². The van der Waals surface area contributed by atoms with Gasteiger partial charge in [-0.15, -0.1) is 0 Å². The Labute approximate surface area is 99.7 Å². The molecule has 0 amide bonds. The predicted octanol–water partition coefficient (Wildman–Crippen LogP) is 2.29. The Morgan fingerprint density at radius 2 is 2.00 bits per heavy atom. The lowest BCUT2D eigenvalue weighted by Gasteiger charge is -2.05. The smallest absolute Gasteiger partial charge is 0.159 e. The topological polar surface area (TPSA) is 54.9 Å². The zero-order chi connectivity index (χ0) is 12.1. The van der Waals surface area contributed by atoms with Crippen molar-refractivity contribution in [2.75, 3.05) is 5.32 Å². The lowest BCUT2D eigenvalue weighted by Crippen LogP contribution is -2.02. The Morgan fingerprint density at radius 1 is 1.24 bits per heavy atom. The van der Waals surface area contributed by atoms with Gasteiger partial charge >= 0.3 is 0 Å². The summed E-state index contributed by atoms with van der Waals surface area (Å²) >= 11 is 0. The largest absolute Gasteiger partial charge is 0.379 e. The van der Waals surface area contributed by atoms with Gasteiger partial charge in [-0.2, -0.15) is 0 Å². The standard InChI is InChI=1S/C13H13N3O/c1-10(17)11-2-4-12(5-3-11)15-8-13-6-7-14-9-16-13/h2-7,9,15H,8H2,1H3. The van der Waals surface area contributed by atoms with Gasteiger partial charge < -0.3 is 5.32 Å². The third-order valence-corrected chi connectivity index (χ3v) is 2.41. The first-order chi connectivity index (χ1) is 8.25. The van der Waals surface area contributed by atoms with Crippen molar-refractivity contribution in [2.24, 2.45) is 0 Å². The molecule has 0 aliphatic heterocycles. The van der Waals surface area contributed by atoms with Crippen LogP contribution in [0.3, 0.4) is 0 Å². The molecule has 0 saturated heterocycles. The quantitative estimate of drug-likeness (QED) is 0.814. The van der Waals surface area contributed by atoms with Gasteiger partial charge in [0.1, 0.15) is 6.33 Å². The van der Waals surface area contributed by atoms with Crippen LogP contribution in [0.25, 0.3) is 0 Å². The second-order valence-electron chi connectivity index (χ2n) is 3.69. The number of rotatable bonds is 4. The Hall–Kier alpha value is -2.23. The number of aromatic nitrogens is 2. The fourth-order valence-electron chi connectivity index (χ4n) is 1.44. The van der Waals surface area contributed by atoms with Gasteiger partial charge in [0.15, 0.2) is 5.78 Å². The number of hydrogen-bond acceptors (Lipinski definition) is 4. The lowest BCUT2D eigenvalue weighted by molar-refractivity contribution is 0.101. The lowest BCUT2D eigenvalue weighted by atomic mass is 10.1. The molecule has 0 aliphatic carbocycles. The number of Topliss-reactive ketones (excluding diaryl/α,β-unsaturated/α-hetero) is 1. The maximum absolute atomic E-state index is 11.1. The minimum atomic E-state index is 0.0763. The van der Waals surface area contributed by atoms with E-state index in [2.05, 4.69) is 15.3 Å². The molecule has 0 radical (unpaired) electrons. The number of ketones is 1. The van der Waals surface area contributed by atoms with Crippen molar-refractivity contribution in [3.05, 3.63) is 54.1 Å². The van der Waals surface area contributed by atoms with Crippen LogP contribution in [0.5, 0.6) is 0 Å². The highest BCUT2D eigenvalue weighted by Gasteiger charge is 1.99. The molecule has 2 aromatic rings. The zero-order valence-electron chi connectivity index (χ0n) is 9.55. The highest BCUT2D eigenvalue weighted by Crippen LogP contribution is 2.10. The molecule has 2 rings (SSSR count). The van der Waals surface area contributed by atoms with Crippen LogP contribution in [0.1, 0.15) is 23.0 Å². The van der Waals surface area contributed by atoms with E-state index in [1.165, 1.54) is 6.33 Å². The first-order valence-electron chi connectivity index (χ1n) is 5.35. The molecule has 86 valence electrons. The van der Waals surface area contributed by atoms with Crippen LogP contribution in [-0.4, -0.2) is 15.8 Å². The molecule has 1 N–H and O–H groups in total. The Bertz CT molecular complexity index is 494. The fourth-order valence-corrected chi connectivity index (χ4v) is 1.44. The van der Waals surface area contributed by atoms with E-state index in [0.29, 0.717) is 6.54 Å². The molecule has 0 unspecified atom stereocenters. The summed E-state index contributed by atoms with van der Waals surface area (Å²) in [5, 5.41) is 3.23. The van der Waals surface area contributed by atoms with E-state index in [1.54, 1.807) is 13.1 Å². The van der Waals surface area contributed by atoms with Gasteiger partial charge in [0.2, 0.25) is 0 Å². The van der Waals surface area contributed by atoms with Crippen molar-refractivity contribution in [2.45, 2.75) is 13.5 Å². The van der Waals surface area contributed by atoms with Crippen molar-refractivity contribution in [3.63, 3.8) is 0 Å². The summed E-state index contributed by atoms with van der Waals surface area (Å²) in [5.74, 6) is 0.0763. The monoisotopic (exact) mass is 227 g/mol. The number of anilines is 1. The Morgan fingerprint density at radius 3 is 2.59 bits per heavy atom. The second-order valence-corrected chi connectivity index (χ2v) is 3.69. The molecular formula is C13H13N3O. The van der Waals surface area contributed by atoms with E-state index in [9.17, 15) is 4.79 Å². The molecule has 1 aromatic heterocycles. The molecule has 1 aromatic carbocycles. The zero-order valence-corrected chi connectivity index (χ0v) is 9.55. The van der Waals surface area contributed by atoms with E-state index >= 15 is 0 Å². The summed E-state index contributed by atoms with van der Waals surface area (Å²) in [6.07, 6.45) is 3.23. The van der Waals surface area contributed by atoms with Crippen molar-refractivity contribution in [1.82, 2.24) is 9.97 Å². The number of nitrogens with one attached hydrogen (secondary N) is 1. The van der Waals surface area contributed by atoms with Crippen LogP contribution in [0.15, 0.2) is 42.9 Å². The van der Waals surface area contributed by atoms with Gasteiger partial charge in [-0.05, 0) is 37.3 Å². The third kappa shape index (κ3) is 3.11. The van der Waals surface area contributed by atoms with Gasteiger partial charge in [-0.1, -0.05) is 0 Å². The van der Waals surface area contributed by atoms with Crippen molar-refractivity contribution in [3.8, 4) is 0 Å². The van der Waals surface area contributed by atoms with Crippen LogP contribution < -0.4 is 5.32 Å². The van der Waals surface area contributed by atoms with Gasteiger partial charge in [-0.25, -0.2) is 9.97 Å². The average molecular weight is 227 g/mol. The average Bonchev–Trinajstić information content (AvgIpc) is 2.38. The van der Waals surface area contributed by atoms with Crippen molar-refractivity contribution in [1.29, 1.82) is 0 Å². The molecule has 0 aliphatic rings. The number of carbonyl (C=O) groups is 1. The Balaban J connectivity index is 1.98. The highest BCUT2D eigenvalue weighted by molar-refractivity contribution is 5.94.